The highest BCUT2D eigenvalue weighted by atomic mass is 35.5. The molecule has 0 amide bonds. The van der Waals surface area contributed by atoms with Crippen molar-refractivity contribution >= 4 is 21.6 Å². The second-order valence-corrected chi connectivity index (χ2v) is 6.88. The van der Waals surface area contributed by atoms with Gasteiger partial charge in [0.2, 0.25) is 10.0 Å². The normalized spacial score (nSPS) is 25.6. The van der Waals surface area contributed by atoms with Gasteiger partial charge < -0.3 is 5.73 Å². The molecule has 100 valence electrons. The first kappa shape index (κ1) is 13.7. The average molecular weight is 293 g/mol. The second-order valence-electron chi connectivity index (χ2n) is 4.54. The summed E-state index contributed by atoms with van der Waals surface area (Å²) in [5.74, 6) is -0.772. The Kier molecular flexibility index (Phi) is 3.64. The van der Waals surface area contributed by atoms with Crippen LogP contribution in [0.1, 0.15) is 6.92 Å². The summed E-state index contributed by atoms with van der Waals surface area (Å²) in [5.41, 5.74) is 5.78. The van der Waals surface area contributed by atoms with E-state index in [0.29, 0.717) is 6.54 Å². The van der Waals surface area contributed by atoms with E-state index >= 15 is 0 Å². The molecular weight excluding hydrogens is 279 g/mol. The van der Waals surface area contributed by atoms with Crippen LogP contribution in [0.15, 0.2) is 23.1 Å². The molecule has 1 aromatic rings. The van der Waals surface area contributed by atoms with Crippen LogP contribution in [0.25, 0.3) is 0 Å². The van der Waals surface area contributed by atoms with E-state index in [9.17, 15) is 12.8 Å². The van der Waals surface area contributed by atoms with E-state index in [4.69, 9.17) is 17.3 Å². The van der Waals surface area contributed by atoms with Gasteiger partial charge in [0.15, 0.2) is 0 Å². The van der Waals surface area contributed by atoms with Crippen molar-refractivity contribution in [3.05, 3.63) is 29.0 Å². The van der Waals surface area contributed by atoms with Gasteiger partial charge in [0.1, 0.15) is 10.7 Å². The van der Waals surface area contributed by atoms with Gasteiger partial charge in [-0.05, 0) is 24.1 Å². The molecule has 2 N–H and O–H groups in total. The van der Waals surface area contributed by atoms with Crippen LogP contribution in [-0.4, -0.2) is 31.9 Å². The van der Waals surface area contributed by atoms with Crippen molar-refractivity contribution in [2.45, 2.75) is 17.9 Å². The highest BCUT2D eigenvalue weighted by Gasteiger charge is 2.36. The lowest BCUT2D eigenvalue weighted by Crippen LogP contribution is -2.32. The number of sulfonamides is 1. The molecule has 4 nitrogen and oxygen atoms in total. The topological polar surface area (TPSA) is 63.4 Å². The molecule has 1 aliphatic rings. The zero-order valence-corrected chi connectivity index (χ0v) is 11.4. The van der Waals surface area contributed by atoms with E-state index in [1.54, 1.807) is 0 Å². The monoisotopic (exact) mass is 292 g/mol. The Morgan fingerprint density at radius 2 is 2.11 bits per heavy atom. The number of rotatable bonds is 2. The van der Waals surface area contributed by atoms with Crippen LogP contribution in [0.4, 0.5) is 4.39 Å². The molecule has 2 rings (SSSR count). The van der Waals surface area contributed by atoms with E-state index in [1.165, 1.54) is 16.4 Å². The molecule has 1 aliphatic heterocycles. The number of hydrogen-bond acceptors (Lipinski definition) is 3. The maximum atomic E-state index is 13.7. The van der Waals surface area contributed by atoms with Crippen LogP contribution < -0.4 is 5.73 Å². The third-order valence-electron chi connectivity index (χ3n) is 3.15. The van der Waals surface area contributed by atoms with Gasteiger partial charge in [-0.25, -0.2) is 12.8 Å². The molecule has 0 aromatic heterocycles. The van der Waals surface area contributed by atoms with Gasteiger partial charge in [-0.1, -0.05) is 18.5 Å². The number of halogens is 2. The van der Waals surface area contributed by atoms with Gasteiger partial charge in [-0.15, -0.1) is 0 Å². The molecule has 2 unspecified atom stereocenters. The number of hydrogen-bond donors (Lipinski definition) is 1. The van der Waals surface area contributed by atoms with E-state index in [0.717, 1.165) is 6.07 Å². The molecular formula is C11H14ClFN2O2S. The maximum absolute atomic E-state index is 13.7. The van der Waals surface area contributed by atoms with Crippen molar-refractivity contribution < 1.29 is 12.8 Å². The molecule has 0 bridgehead atoms. The number of nitrogens with two attached hydrogens (primary N) is 1. The quantitative estimate of drug-likeness (QED) is 0.897. The molecule has 0 saturated carbocycles. The number of nitrogens with zero attached hydrogens (tertiary/aromatic N) is 1. The maximum Gasteiger partial charge on any atom is 0.246 e. The zero-order valence-electron chi connectivity index (χ0n) is 9.81. The molecule has 0 aliphatic carbocycles. The summed E-state index contributed by atoms with van der Waals surface area (Å²) < 4.78 is 39.4. The molecule has 1 saturated heterocycles. The predicted octanol–water partition coefficient (Wildman–Crippen LogP) is 1.45. The van der Waals surface area contributed by atoms with E-state index in [1.807, 2.05) is 6.92 Å². The first-order valence-electron chi connectivity index (χ1n) is 5.53. The first-order chi connectivity index (χ1) is 8.32. The molecule has 2 atom stereocenters. The number of benzene rings is 1. The molecule has 1 fully saturated rings. The van der Waals surface area contributed by atoms with Gasteiger partial charge in [-0.3, -0.25) is 0 Å². The Morgan fingerprint density at radius 1 is 1.44 bits per heavy atom. The lowest BCUT2D eigenvalue weighted by molar-refractivity contribution is 0.458. The minimum Gasteiger partial charge on any atom is -0.326 e. The Balaban J connectivity index is 2.37. The predicted molar refractivity (Wildman–Crippen MR) is 67.3 cm³/mol. The van der Waals surface area contributed by atoms with Crippen LogP contribution in [-0.2, 0) is 10.0 Å². The summed E-state index contributed by atoms with van der Waals surface area (Å²) in [6, 6.07) is 3.32. The van der Waals surface area contributed by atoms with Gasteiger partial charge >= 0.3 is 0 Å². The van der Waals surface area contributed by atoms with Crippen molar-refractivity contribution in [1.29, 1.82) is 0 Å². The Morgan fingerprint density at radius 3 is 2.61 bits per heavy atom. The summed E-state index contributed by atoms with van der Waals surface area (Å²) in [6.07, 6.45) is 0. The van der Waals surface area contributed by atoms with Gasteiger partial charge in [0.05, 0.1) is 0 Å². The fourth-order valence-electron chi connectivity index (χ4n) is 1.97. The highest BCUT2D eigenvalue weighted by Crippen LogP contribution is 2.26. The van der Waals surface area contributed by atoms with Crippen molar-refractivity contribution in [2.75, 3.05) is 13.1 Å². The van der Waals surface area contributed by atoms with Crippen molar-refractivity contribution in [1.82, 2.24) is 4.31 Å². The smallest absolute Gasteiger partial charge is 0.246 e. The van der Waals surface area contributed by atoms with Gasteiger partial charge in [-0.2, -0.15) is 4.31 Å². The Labute approximate surface area is 111 Å². The highest BCUT2D eigenvalue weighted by molar-refractivity contribution is 7.89. The van der Waals surface area contributed by atoms with Crippen LogP contribution in [0.5, 0.6) is 0 Å². The molecule has 0 spiro atoms. The third kappa shape index (κ3) is 2.38. The van der Waals surface area contributed by atoms with E-state index in [2.05, 4.69) is 0 Å². The van der Waals surface area contributed by atoms with Gasteiger partial charge in [0, 0.05) is 24.2 Å². The standard InChI is InChI=1S/C11H14ClFN2O2S/c1-7-5-15(6-10(7)14)18(16,17)11-3-2-8(12)4-9(11)13/h2-4,7,10H,5-6,14H2,1H3. The lowest BCUT2D eigenvalue weighted by atomic mass is 10.1. The minimum atomic E-state index is -3.83. The fraction of sp³-hybridized carbons (Fsp3) is 0.455. The molecule has 0 radical (unpaired) electrons. The summed E-state index contributed by atoms with van der Waals surface area (Å²) in [6.45, 7) is 2.40. The fourth-order valence-corrected chi connectivity index (χ4v) is 3.75. The molecule has 1 heterocycles. The van der Waals surface area contributed by atoms with Crippen LogP contribution >= 0.6 is 11.6 Å². The summed E-state index contributed by atoms with van der Waals surface area (Å²) in [4.78, 5) is -0.354. The minimum absolute atomic E-state index is 0.0649. The summed E-state index contributed by atoms with van der Waals surface area (Å²) in [7, 11) is -3.83. The Hall–Kier alpha value is -0.690. The molecule has 18 heavy (non-hydrogen) atoms. The van der Waals surface area contributed by atoms with Crippen molar-refractivity contribution in [3.63, 3.8) is 0 Å². The summed E-state index contributed by atoms with van der Waals surface area (Å²) >= 11 is 5.60. The second kappa shape index (κ2) is 4.77. The van der Waals surface area contributed by atoms with Crippen molar-refractivity contribution in [3.8, 4) is 0 Å². The first-order valence-corrected chi connectivity index (χ1v) is 7.35. The van der Waals surface area contributed by atoms with Crippen molar-refractivity contribution in [2.24, 2.45) is 11.7 Å². The average Bonchev–Trinajstić information content (AvgIpc) is 2.59. The van der Waals surface area contributed by atoms with E-state index < -0.39 is 15.8 Å². The SMILES string of the molecule is CC1CN(S(=O)(=O)c2ccc(Cl)cc2F)CC1N. The van der Waals surface area contributed by atoms with Crippen LogP contribution in [0, 0.1) is 11.7 Å². The third-order valence-corrected chi connectivity index (χ3v) is 5.25. The van der Waals surface area contributed by atoms with Crippen LogP contribution in [0.3, 0.4) is 0 Å². The zero-order chi connectivity index (χ0) is 13.5. The molecule has 7 heteroatoms. The largest absolute Gasteiger partial charge is 0.326 e. The Bertz CT molecular complexity index is 554. The van der Waals surface area contributed by atoms with E-state index in [-0.39, 0.29) is 28.4 Å². The molecule has 1 aromatic carbocycles. The lowest BCUT2D eigenvalue weighted by Gasteiger charge is -2.16. The van der Waals surface area contributed by atoms with Crippen LogP contribution in [0.2, 0.25) is 5.02 Å². The van der Waals surface area contributed by atoms with Gasteiger partial charge in [0.25, 0.3) is 0 Å². The summed E-state index contributed by atoms with van der Waals surface area (Å²) in [5, 5.41) is 0.165.